The minimum Gasteiger partial charge on any atom is -0.494 e. The van der Waals surface area contributed by atoms with Crippen LogP contribution in [0.2, 0.25) is 0 Å². The molecule has 0 aliphatic carbocycles. The quantitative estimate of drug-likeness (QED) is 0.384. The fourth-order valence-corrected chi connectivity index (χ4v) is 1.93. The van der Waals surface area contributed by atoms with Crippen molar-refractivity contribution in [3.8, 4) is 11.8 Å². The Bertz CT molecular complexity index is 559. The summed E-state index contributed by atoms with van der Waals surface area (Å²) < 4.78 is 10.8. The van der Waals surface area contributed by atoms with Crippen molar-refractivity contribution in [1.29, 1.82) is 5.26 Å². The summed E-state index contributed by atoms with van der Waals surface area (Å²) in [6, 6.07) is 9.30. The van der Waals surface area contributed by atoms with Gasteiger partial charge in [-0.2, -0.15) is 5.26 Å². The Kier molecular flexibility index (Phi) is 9.98. The largest absolute Gasteiger partial charge is 0.494 e. The van der Waals surface area contributed by atoms with E-state index in [4.69, 9.17) is 14.7 Å². The lowest BCUT2D eigenvalue weighted by Gasteiger charge is -2.06. The normalized spacial score (nSPS) is 11.0. The standard InChI is InChI=1S/C19H26N2O3/c1-3-5-13-24-18-9-7-16(8-10-18)14-17(15-20)19(22)21-11-6-12-23-4-2/h7-10,14H,3-6,11-13H2,1-2H3,(H,21,22)/b17-14+. The second-order valence-electron chi connectivity index (χ2n) is 5.25. The molecule has 0 saturated carbocycles. The van der Waals surface area contributed by atoms with Crippen LogP contribution in [0.15, 0.2) is 29.8 Å². The molecule has 0 radical (unpaired) electrons. The van der Waals surface area contributed by atoms with Crippen molar-refractivity contribution in [1.82, 2.24) is 5.32 Å². The van der Waals surface area contributed by atoms with Gasteiger partial charge in [-0.15, -0.1) is 0 Å². The van der Waals surface area contributed by atoms with Gasteiger partial charge in [-0.3, -0.25) is 4.79 Å². The number of nitrogens with one attached hydrogen (secondary N) is 1. The highest BCUT2D eigenvalue weighted by atomic mass is 16.5. The van der Waals surface area contributed by atoms with Crippen LogP contribution in [0.4, 0.5) is 0 Å². The van der Waals surface area contributed by atoms with Gasteiger partial charge >= 0.3 is 0 Å². The maximum absolute atomic E-state index is 12.0. The van der Waals surface area contributed by atoms with Crippen LogP contribution in [0.1, 0.15) is 38.7 Å². The monoisotopic (exact) mass is 330 g/mol. The number of nitriles is 1. The van der Waals surface area contributed by atoms with Gasteiger partial charge in [0.1, 0.15) is 17.4 Å². The molecule has 1 amide bonds. The number of amides is 1. The van der Waals surface area contributed by atoms with Crippen molar-refractivity contribution in [2.24, 2.45) is 0 Å². The van der Waals surface area contributed by atoms with Gasteiger partial charge in [0, 0.05) is 19.8 Å². The van der Waals surface area contributed by atoms with Gasteiger partial charge in [0.15, 0.2) is 0 Å². The Hall–Kier alpha value is -2.32. The first-order valence-electron chi connectivity index (χ1n) is 8.41. The molecule has 0 unspecified atom stereocenters. The number of hydrogen-bond donors (Lipinski definition) is 1. The molecule has 130 valence electrons. The first kappa shape index (κ1) is 19.7. The smallest absolute Gasteiger partial charge is 0.261 e. The van der Waals surface area contributed by atoms with Gasteiger partial charge in [0.25, 0.3) is 5.91 Å². The minimum atomic E-state index is -0.364. The average Bonchev–Trinajstić information content (AvgIpc) is 2.60. The number of carbonyl (C=O) groups is 1. The maximum atomic E-state index is 12.0. The zero-order valence-electron chi connectivity index (χ0n) is 14.5. The third-order valence-corrected chi connectivity index (χ3v) is 3.28. The molecule has 1 N–H and O–H groups in total. The number of carbonyl (C=O) groups excluding carboxylic acids is 1. The second kappa shape index (κ2) is 12.1. The number of rotatable bonds is 11. The molecular formula is C19H26N2O3. The van der Waals surface area contributed by atoms with Crippen LogP contribution in [-0.2, 0) is 9.53 Å². The Morgan fingerprint density at radius 1 is 1.21 bits per heavy atom. The fourth-order valence-electron chi connectivity index (χ4n) is 1.93. The number of nitrogens with zero attached hydrogens (tertiary/aromatic N) is 1. The summed E-state index contributed by atoms with van der Waals surface area (Å²) in [7, 11) is 0. The summed E-state index contributed by atoms with van der Waals surface area (Å²) in [6.45, 7) is 6.48. The van der Waals surface area contributed by atoms with Crippen molar-refractivity contribution in [3.63, 3.8) is 0 Å². The van der Waals surface area contributed by atoms with Crippen molar-refractivity contribution < 1.29 is 14.3 Å². The van der Waals surface area contributed by atoms with Crippen molar-refractivity contribution in [2.45, 2.75) is 33.1 Å². The molecule has 1 aromatic rings. The highest BCUT2D eigenvalue weighted by Gasteiger charge is 2.08. The first-order valence-corrected chi connectivity index (χ1v) is 8.41. The molecule has 0 heterocycles. The molecule has 1 rings (SSSR count). The average molecular weight is 330 g/mol. The molecule has 0 spiro atoms. The zero-order chi connectivity index (χ0) is 17.6. The van der Waals surface area contributed by atoms with E-state index in [2.05, 4.69) is 12.2 Å². The van der Waals surface area contributed by atoms with Crippen molar-refractivity contribution >= 4 is 12.0 Å². The summed E-state index contributed by atoms with van der Waals surface area (Å²) in [5, 5.41) is 11.9. The molecule has 24 heavy (non-hydrogen) atoms. The summed E-state index contributed by atoms with van der Waals surface area (Å²) in [5.74, 6) is 0.428. The molecule has 5 nitrogen and oxygen atoms in total. The van der Waals surface area contributed by atoms with Crippen LogP contribution < -0.4 is 10.1 Å². The minimum absolute atomic E-state index is 0.0889. The number of unbranched alkanes of at least 4 members (excludes halogenated alkanes) is 1. The van der Waals surface area contributed by atoms with E-state index in [0.29, 0.717) is 26.4 Å². The molecule has 0 fully saturated rings. The molecule has 0 saturated heterocycles. The first-order chi connectivity index (χ1) is 11.7. The van der Waals surface area contributed by atoms with Crippen LogP contribution in [-0.4, -0.2) is 32.3 Å². The Morgan fingerprint density at radius 2 is 1.96 bits per heavy atom. The second-order valence-corrected chi connectivity index (χ2v) is 5.25. The molecule has 0 aliphatic heterocycles. The number of ether oxygens (including phenoxy) is 2. The SMILES string of the molecule is CCCCOc1ccc(/C=C(\C#N)C(=O)NCCCOCC)cc1. The fraction of sp³-hybridized carbons (Fsp3) is 0.474. The van der Waals surface area contributed by atoms with Crippen LogP contribution in [0, 0.1) is 11.3 Å². The number of hydrogen-bond acceptors (Lipinski definition) is 4. The van der Waals surface area contributed by atoms with E-state index in [-0.39, 0.29) is 11.5 Å². The molecule has 5 heteroatoms. The van der Waals surface area contributed by atoms with E-state index in [0.717, 1.165) is 30.6 Å². The molecule has 1 aromatic carbocycles. The molecule has 0 aliphatic rings. The Labute approximate surface area is 144 Å². The van der Waals surface area contributed by atoms with E-state index in [9.17, 15) is 4.79 Å². The number of benzene rings is 1. The summed E-state index contributed by atoms with van der Waals surface area (Å²) in [5.41, 5.74) is 0.880. The lowest BCUT2D eigenvalue weighted by Crippen LogP contribution is -2.26. The predicted octanol–water partition coefficient (Wildman–Crippen LogP) is 3.32. The molecule has 0 aromatic heterocycles. The van der Waals surface area contributed by atoms with Gasteiger partial charge in [-0.1, -0.05) is 25.5 Å². The lowest BCUT2D eigenvalue weighted by atomic mass is 10.1. The van der Waals surface area contributed by atoms with Gasteiger partial charge in [-0.05, 0) is 43.5 Å². The van der Waals surface area contributed by atoms with Crippen LogP contribution in [0.3, 0.4) is 0 Å². The highest BCUT2D eigenvalue weighted by molar-refractivity contribution is 6.01. The Balaban J connectivity index is 2.54. The summed E-state index contributed by atoms with van der Waals surface area (Å²) in [4.78, 5) is 12.0. The molecule has 0 atom stereocenters. The van der Waals surface area contributed by atoms with Crippen molar-refractivity contribution in [2.75, 3.05) is 26.4 Å². The molecular weight excluding hydrogens is 304 g/mol. The van der Waals surface area contributed by atoms with E-state index in [1.165, 1.54) is 0 Å². The van der Waals surface area contributed by atoms with Crippen molar-refractivity contribution in [3.05, 3.63) is 35.4 Å². The summed E-state index contributed by atoms with van der Waals surface area (Å²) in [6.07, 6.45) is 4.41. The predicted molar refractivity (Wildman–Crippen MR) is 94.6 cm³/mol. The topological polar surface area (TPSA) is 71.3 Å². The van der Waals surface area contributed by atoms with Crippen LogP contribution in [0.5, 0.6) is 5.75 Å². The van der Waals surface area contributed by atoms with E-state index in [1.54, 1.807) is 6.08 Å². The highest BCUT2D eigenvalue weighted by Crippen LogP contribution is 2.15. The van der Waals surface area contributed by atoms with Crippen LogP contribution >= 0.6 is 0 Å². The van der Waals surface area contributed by atoms with E-state index >= 15 is 0 Å². The maximum Gasteiger partial charge on any atom is 0.261 e. The van der Waals surface area contributed by atoms with Gasteiger partial charge < -0.3 is 14.8 Å². The van der Waals surface area contributed by atoms with Gasteiger partial charge in [0.2, 0.25) is 0 Å². The van der Waals surface area contributed by atoms with E-state index in [1.807, 2.05) is 37.3 Å². The zero-order valence-corrected chi connectivity index (χ0v) is 14.5. The Morgan fingerprint density at radius 3 is 2.58 bits per heavy atom. The lowest BCUT2D eigenvalue weighted by molar-refractivity contribution is -0.117. The third-order valence-electron chi connectivity index (χ3n) is 3.28. The van der Waals surface area contributed by atoms with Gasteiger partial charge in [0.05, 0.1) is 6.61 Å². The summed E-state index contributed by atoms with van der Waals surface area (Å²) >= 11 is 0. The van der Waals surface area contributed by atoms with E-state index < -0.39 is 0 Å². The third kappa shape index (κ3) is 7.80. The van der Waals surface area contributed by atoms with Crippen LogP contribution in [0.25, 0.3) is 6.08 Å². The molecule has 0 bridgehead atoms. The van der Waals surface area contributed by atoms with Gasteiger partial charge in [-0.25, -0.2) is 0 Å².